The molecule has 0 saturated heterocycles. The van der Waals surface area contributed by atoms with Crippen LogP contribution < -0.4 is 19.5 Å². The summed E-state index contributed by atoms with van der Waals surface area (Å²) in [6, 6.07) is 20.4. The topological polar surface area (TPSA) is 56.8 Å². The van der Waals surface area contributed by atoms with E-state index in [0.29, 0.717) is 22.8 Å². The molecule has 0 atom stereocenters. The standard InChI is InChI=1S/C22H21NO4/c1-25-19-13-15(14-20(26-2)21(19)27-3)17-11-7-8-12-18(17)22(24)23-16-9-5-4-6-10-16/h4-14H,1-3H3,(H,23,24). The number of carbonyl (C=O) groups excluding carboxylic acids is 1. The van der Waals surface area contributed by atoms with E-state index in [0.717, 1.165) is 16.8 Å². The maximum atomic E-state index is 12.8. The van der Waals surface area contributed by atoms with Crippen LogP contribution in [0.3, 0.4) is 0 Å². The lowest BCUT2D eigenvalue weighted by Gasteiger charge is -2.16. The number of hydrogen-bond acceptors (Lipinski definition) is 4. The van der Waals surface area contributed by atoms with Crippen molar-refractivity contribution >= 4 is 11.6 Å². The van der Waals surface area contributed by atoms with Gasteiger partial charge in [-0.25, -0.2) is 0 Å². The third-order valence-corrected chi connectivity index (χ3v) is 4.18. The van der Waals surface area contributed by atoms with Crippen LogP contribution in [0.25, 0.3) is 11.1 Å². The third kappa shape index (κ3) is 3.87. The minimum absolute atomic E-state index is 0.189. The summed E-state index contributed by atoms with van der Waals surface area (Å²) in [4.78, 5) is 12.8. The lowest BCUT2D eigenvalue weighted by Crippen LogP contribution is -2.13. The summed E-state index contributed by atoms with van der Waals surface area (Å²) in [5, 5.41) is 2.92. The fraction of sp³-hybridized carbons (Fsp3) is 0.136. The van der Waals surface area contributed by atoms with E-state index in [1.54, 1.807) is 27.4 Å². The van der Waals surface area contributed by atoms with Gasteiger partial charge >= 0.3 is 0 Å². The average Bonchev–Trinajstić information content (AvgIpc) is 2.73. The van der Waals surface area contributed by atoms with Gasteiger partial charge in [0.15, 0.2) is 11.5 Å². The summed E-state index contributed by atoms with van der Waals surface area (Å²) < 4.78 is 16.2. The lowest BCUT2D eigenvalue weighted by molar-refractivity contribution is 0.102. The second-order valence-corrected chi connectivity index (χ2v) is 5.78. The molecule has 0 unspecified atom stereocenters. The van der Waals surface area contributed by atoms with Crippen molar-refractivity contribution in [1.82, 2.24) is 0 Å². The van der Waals surface area contributed by atoms with Gasteiger partial charge in [-0.2, -0.15) is 0 Å². The van der Waals surface area contributed by atoms with Crippen LogP contribution in [0.1, 0.15) is 10.4 Å². The Bertz CT molecular complexity index is 913. The SMILES string of the molecule is COc1cc(-c2ccccc2C(=O)Nc2ccccc2)cc(OC)c1OC. The van der Waals surface area contributed by atoms with Gasteiger partial charge in [0, 0.05) is 11.3 Å². The minimum atomic E-state index is -0.189. The number of benzene rings is 3. The maximum Gasteiger partial charge on any atom is 0.256 e. The van der Waals surface area contributed by atoms with E-state index < -0.39 is 0 Å². The van der Waals surface area contributed by atoms with Gasteiger partial charge in [-0.3, -0.25) is 4.79 Å². The Morgan fingerprint density at radius 1 is 0.778 bits per heavy atom. The van der Waals surface area contributed by atoms with Crippen LogP contribution in [0.15, 0.2) is 66.7 Å². The first-order valence-corrected chi connectivity index (χ1v) is 8.43. The Hall–Kier alpha value is -3.47. The molecule has 0 saturated carbocycles. The van der Waals surface area contributed by atoms with Gasteiger partial charge in [0.05, 0.1) is 21.3 Å². The molecule has 5 heteroatoms. The van der Waals surface area contributed by atoms with Crippen LogP contribution in [0.2, 0.25) is 0 Å². The zero-order valence-electron chi connectivity index (χ0n) is 15.5. The van der Waals surface area contributed by atoms with Gasteiger partial charge in [0.2, 0.25) is 5.75 Å². The first kappa shape index (κ1) is 18.3. The van der Waals surface area contributed by atoms with Crippen LogP contribution >= 0.6 is 0 Å². The molecular formula is C22H21NO4. The fourth-order valence-electron chi connectivity index (χ4n) is 2.89. The smallest absolute Gasteiger partial charge is 0.256 e. The molecule has 27 heavy (non-hydrogen) atoms. The molecular weight excluding hydrogens is 342 g/mol. The molecule has 3 rings (SSSR count). The first-order chi connectivity index (χ1) is 13.2. The molecule has 0 aliphatic rings. The number of hydrogen-bond donors (Lipinski definition) is 1. The highest BCUT2D eigenvalue weighted by Gasteiger charge is 2.18. The predicted molar refractivity (Wildman–Crippen MR) is 106 cm³/mol. The molecule has 1 amide bonds. The molecule has 1 N–H and O–H groups in total. The number of anilines is 1. The summed E-state index contributed by atoms with van der Waals surface area (Å²) >= 11 is 0. The number of carbonyl (C=O) groups is 1. The van der Waals surface area contributed by atoms with Crippen molar-refractivity contribution in [3.63, 3.8) is 0 Å². The zero-order chi connectivity index (χ0) is 19.2. The van der Waals surface area contributed by atoms with E-state index in [9.17, 15) is 4.79 Å². The number of para-hydroxylation sites is 1. The Balaban J connectivity index is 2.05. The Morgan fingerprint density at radius 2 is 1.37 bits per heavy atom. The lowest BCUT2D eigenvalue weighted by atomic mass is 9.98. The fourth-order valence-corrected chi connectivity index (χ4v) is 2.89. The number of nitrogens with one attached hydrogen (secondary N) is 1. The van der Waals surface area contributed by atoms with Gasteiger partial charge in [0.25, 0.3) is 5.91 Å². The molecule has 0 heterocycles. The van der Waals surface area contributed by atoms with E-state index in [1.165, 1.54) is 0 Å². The number of ether oxygens (including phenoxy) is 3. The molecule has 0 aliphatic carbocycles. The molecule has 3 aromatic rings. The van der Waals surface area contributed by atoms with E-state index in [1.807, 2.05) is 60.7 Å². The Labute approximate surface area is 158 Å². The van der Waals surface area contributed by atoms with Crippen molar-refractivity contribution in [3.05, 3.63) is 72.3 Å². The van der Waals surface area contributed by atoms with Gasteiger partial charge in [-0.15, -0.1) is 0 Å². The molecule has 3 aromatic carbocycles. The minimum Gasteiger partial charge on any atom is -0.493 e. The molecule has 138 valence electrons. The molecule has 0 spiro atoms. The molecule has 0 aromatic heterocycles. The maximum absolute atomic E-state index is 12.8. The number of methoxy groups -OCH3 is 3. The van der Waals surface area contributed by atoms with Crippen LogP contribution in [0, 0.1) is 0 Å². The van der Waals surface area contributed by atoms with Gasteiger partial charge < -0.3 is 19.5 Å². The molecule has 0 fully saturated rings. The highest BCUT2D eigenvalue weighted by atomic mass is 16.5. The van der Waals surface area contributed by atoms with E-state index in [2.05, 4.69) is 5.32 Å². The molecule has 0 radical (unpaired) electrons. The van der Waals surface area contributed by atoms with Gasteiger partial charge in [0.1, 0.15) is 0 Å². The monoisotopic (exact) mass is 363 g/mol. The van der Waals surface area contributed by atoms with Crippen LogP contribution in [-0.4, -0.2) is 27.2 Å². The largest absolute Gasteiger partial charge is 0.493 e. The zero-order valence-corrected chi connectivity index (χ0v) is 15.5. The quantitative estimate of drug-likeness (QED) is 0.694. The summed E-state index contributed by atoms with van der Waals surface area (Å²) in [7, 11) is 4.69. The van der Waals surface area contributed by atoms with Crippen molar-refractivity contribution in [2.75, 3.05) is 26.6 Å². The van der Waals surface area contributed by atoms with Crippen LogP contribution in [-0.2, 0) is 0 Å². The Morgan fingerprint density at radius 3 is 1.96 bits per heavy atom. The third-order valence-electron chi connectivity index (χ3n) is 4.18. The van der Waals surface area contributed by atoms with Crippen molar-refractivity contribution < 1.29 is 19.0 Å². The summed E-state index contributed by atoms with van der Waals surface area (Å²) in [5.41, 5.74) is 2.85. The van der Waals surface area contributed by atoms with Crippen LogP contribution in [0.5, 0.6) is 17.2 Å². The number of rotatable bonds is 6. The van der Waals surface area contributed by atoms with Crippen molar-refractivity contribution in [2.45, 2.75) is 0 Å². The normalized spacial score (nSPS) is 10.2. The summed E-state index contributed by atoms with van der Waals surface area (Å²) in [6.07, 6.45) is 0. The second-order valence-electron chi connectivity index (χ2n) is 5.78. The summed E-state index contributed by atoms with van der Waals surface area (Å²) in [5.74, 6) is 1.38. The predicted octanol–water partition coefficient (Wildman–Crippen LogP) is 4.63. The van der Waals surface area contributed by atoms with Gasteiger partial charge in [-0.1, -0.05) is 36.4 Å². The molecule has 5 nitrogen and oxygen atoms in total. The molecule has 0 bridgehead atoms. The van der Waals surface area contributed by atoms with Gasteiger partial charge in [-0.05, 0) is 41.5 Å². The second kappa shape index (κ2) is 8.27. The van der Waals surface area contributed by atoms with E-state index in [-0.39, 0.29) is 5.91 Å². The number of amides is 1. The van der Waals surface area contributed by atoms with Crippen molar-refractivity contribution in [1.29, 1.82) is 0 Å². The van der Waals surface area contributed by atoms with E-state index in [4.69, 9.17) is 14.2 Å². The first-order valence-electron chi connectivity index (χ1n) is 8.43. The van der Waals surface area contributed by atoms with E-state index >= 15 is 0 Å². The highest BCUT2D eigenvalue weighted by molar-refractivity contribution is 6.08. The Kier molecular flexibility index (Phi) is 5.61. The van der Waals surface area contributed by atoms with Crippen molar-refractivity contribution in [2.24, 2.45) is 0 Å². The van der Waals surface area contributed by atoms with Crippen LogP contribution in [0.4, 0.5) is 5.69 Å². The molecule has 0 aliphatic heterocycles. The van der Waals surface area contributed by atoms with Crippen molar-refractivity contribution in [3.8, 4) is 28.4 Å². The average molecular weight is 363 g/mol. The highest BCUT2D eigenvalue weighted by Crippen LogP contribution is 2.41. The summed E-state index contributed by atoms with van der Waals surface area (Å²) in [6.45, 7) is 0.